The number of carbonyl (C=O) groups excluding carboxylic acids is 2. The van der Waals surface area contributed by atoms with Crippen LogP contribution in [-0.2, 0) is 4.79 Å². The number of hydrogen-bond acceptors (Lipinski definition) is 4. The van der Waals surface area contributed by atoms with E-state index in [-0.39, 0.29) is 17.2 Å². The summed E-state index contributed by atoms with van der Waals surface area (Å²) in [6.45, 7) is 3.06. The number of fused-ring (bicyclic) bond motifs is 3. The molecule has 1 unspecified atom stereocenters. The van der Waals surface area contributed by atoms with Crippen LogP contribution in [0, 0.1) is 5.92 Å². The number of furan rings is 1. The maximum absolute atomic E-state index is 12.6. The Hall–Kier alpha value is -2.14. The normalized spacial score (nSPS) is 26.3. The minimum atomic E-state index is 0.0924. The van der Waals surface area contributed by atoms with Crippen molar-refractivity contribution >= 4 is 22.7 Å². The maximum atomic E-state index is 12.6. The molecule has 2 saturated heterocycles. The van der Waals surface area contributed by atoms with Crippen molar-refractivity contribution in [2.75, 3.05) is 6.54 Å². The summed E-state index contributed by atoms with van der Waals surface area (Å²) in [6.07, 6.45) is 13.5. The van der Waals surface area contributed by atoms with Crippen molar-refractivity contribution < 1.29 is 14.0 Å². The summed E-state index contributed by atoms with van der Waals surface area (Å²) < 4.78 is 5.52. The number of benzene rings is 1. The minimum absolute atomic E-state index is 0.0924. The molecule has 5 nitrogen and oxygen atoms in total. The van der Waals surface area contributed by atoms with E-state index in [1.807, 2.05) is 24.3 Å². The van der Waals surface area contributed by atoms with Crippen molar-refractivity contribution in [1.82, 2.24) is 10.2 Å². The zero-order valence-electron chi connectivity index (χ0n) is 19.3. The highest BCUT2D eigenvalue weighted by atomic mass is 16.3. The van der Waals surface area contributed by atoms with Crippen LogP contribution in [0.4, 0.5) is 0 Å². The fourth-order valence-corrected chi connectivity index (χ4v) is 5.98. The number of Topliss-reactive ketones (excluding diaryl/α,β-unsaturated/α-hetero) is 1. The highest BCUT2D eigenvalue weighted by Crippen LogP contribution is 2.40. The van der Waals surface area contributed by atoms with Gasteiger partial charge in [-0.1, -0.05) is 31.0 Å². The third-order valence-corrected chi connectivity index (χ3v) is 8.07. The van der Waals surface area contributed by atoms with E-state index in [9.17, 15) is 9.59 Å². The van der Waals surface area contributed by atoms with E-state index in [1.165, 1.54) is 32.1 Å². The molecule has 3 atom stereocenters. The van der Waals surface area contributed by atoms with Gasteiger partial charge in [0.25, 0.3) is 0 Å². The number of hydrogen-bond donors (Lipinski definition) is 1. The molecule has 3 fully saturated rings. The minimum Gasteiger partial charge on any atom is -0.464 e. The summed E-state index contributed by atoms with van der Waals surface area (Å²) in [7, 11) is 0. The molecule has 5 rings (SSSR count). The third kappa shape index (κ3) is 4.78. The lowest BCUT2D eigenvalue weighted by Crippen LogP contribution is -2.45. The van der Waals surface area contributed by atoms with Crippen LogP contribution in [0.1, 0.15) is 87.9 Å². The van der Waals surface area contributed by atoms with Crippen LogP contribution < -0.4 is 5.32 Å². The number of ketones is 1. The quantitative estimate of drug-likeness (QED) is 0.396. The predicted molar refractivity (Wildman–Crippen MR) is 126 cm³/mol. The van der Waals surface area contributed by atoms with Gasteiger partial charge in [0.2, 0.25) is 5.91 Å². The third-order valence-electron chi connectivity index (χ3n) is 8.07. The van der Waals surface area contributed by atoms with Gasteiger partial charge in [-0.05, 0) is 63.9 Å². The molecule has 32 heavy (non-hydrogen) atoms. The molecule has 3 aliphatic rings. The van der Waals surface area contributed by atoms with Crippen LogP contribution in [0.3, 0.4) is 0 Å². The first-order valence-corrected chi connectivity index (χ1v) is 12.6. The summed E-state index contributed by atoms with van der Waals surface area (Å²) in [4.78, 5) is 27.5. The van der Waals surface area contributed by atoms with E-state index in [1.54, 1.807) is 6.26 Å². The second kappa shape index (κ2) is 9.01. The second-order valence-electron chi connectivity index (χ2n) is 10.6. The Morgan fingerprint density at radius 3 is 2.59 bits per heavy atom. The Morgan fingerprint density at radius 2 is 1.84 bits per heavy atom. The first-order chi connectivity index (χ1) is 15.5. The van der Waals surface area contributed by atoms with Gasteiger partial charge in [-0.25, -0.2) is 0 Å². The molecule has 5 heteroatoms. The van der Waals surface area contributed by atoms with E-state index < -0.39 is 0 Å². The van der Waals surface area contributed by atoms with Crippen molar-refractivity contribution in [3.05, 3.63) is 36.1 Å². The molecular weight excluding hydrogens is 400 g/mol. The molecule has 0 spiro atoms. The molecule has 1 aromatic heterocycles. The van der Waals surface area contributed by atoms with Crippen molar-refractivity contribution in [1.29, 1.82) is 0 Å². The van der Waals surface area contributed by atoms with Crippen molar-refractivity contribution in [3.8, 4) is 0 Å². The molecule has 2 aromatic rings. The van der Waals surface area contributed by atoms with Gasteiger partial charge in [-0.2, -0.15) is 0 Å². The van der Waals surface area contributed by atoms with Crippen LogP contribution in [0.2, 0.25) is 0 Å². The average Bonchev–Trinajstić information content (AvgIpc) is 3.25. The van der Waals surface area contributed by atoms with Crippen LogP contribution in [0.5, 0.6) is 0 Å². The van der Waals surface area contributed by atoms with Crippen molar-refractivity contribution in [2.45, 2.75) is 95.2 Å². The first kappa shape index (κ1) is 21.7. The molecule has 1 N–H and O–H groups in total. The second-order valence-corrected chi connectivity index (χ2v) is 10.6. The molecule has 2 bridgehead atoms. The number of piperidine rings is 1. The number of nitrogens with zero attached hydrogens (tertiary/aromatic N) is 1. The lowest BCUT2D eigenvalue weighted by Gasteiger charge is -2.39. The van der Waals surface area contributed by atoms with Crippen LogP contribution >= 0.6 is 0 Å². The van der Waals surface area contributed by atoms with E-state index in [2.05, 4.69) is 17.1 Å². The molecule has 1 amide bonds. The van der Waals surface area contributed by atoms with Gasteiger partial charge in [0.1, 0.15) is 11.8 Å². The highest BCUT2D eigenvalue weighted by Gasteiger charge is 2.41. The van der Waals surface area contributed by atoms with E-state index in [0.717, 1.165) is 54.7 Å². The summed E-state index contributed by atoms with van der Waals surface area (Å²) >= 11 is 0. The topological polar surface area (TPSA) is 62.6 Å². The number of amides is 1. The molecule has 1 aromatic carbocycles. The lowest BCUT2D eigenvalue weighted by atomic mass is 9.86. The predicted octanol–water partition coefficient (Wildman–Crippen LogP) is 5.48. The van der Waals surface area contributed by atoms with Crippen molar-refractivity contribution in [2.24, 2.45) is 5.92 Å². The molecule has 172 valence electrons. The zero-order valence-corrected chi connectivity index (χ0v) is 19.3. The van der Waals surface area contributed by atoms with Crippen molar-refractivity contribution in [3.63, 3.8) is 0 Å². The summed E-state index contributed by atoms with van der Waals surface area (Å²) in [5.41, 5.74) is 1.61. The number of unbranched alkanes of at least 4 members (excludes halogenated alkanes) is 1. The van der Waals surface area contributed by atoms with Gasteiger partial charge in [-0.3, -0.25) is 14.5 Å². The molecular formula is C27H36N2O3. The fraction of sp³-hybridized carbons (Fsp3) is 0.630. The zero-order chi connectivity index (χ0) is 22.1. The summed E-state index contributed by atoms with van der Waals surface area (Å²) in [5, 5.41) is 4.12. The lowest BCUT2D eigenvalue weighted by molar-refractivity contribution is -0.122. The number of rotatable bonds is 10. The van der Waals surface area contributed by atoms with Gasteiger partial charge in [0.15, 0.2) is 5.78 Å². The van der Waals surface area contributed by atoms with Gasteiger partial charge >= 0.3 is 0 Å². The Balaban J connectivity index is 1.03. The number of para-hydroxylation sites is 1. The summed E-state index contributed by atoms with van der Waals surface area (Å²) in [5.74, 6) is 1.19. The Morgan fingerprint density at radius 1 is 1.09 bits per heavy atom. The van der Waals surface area contributed by atoms with Crippen LogP contribution in [0.25, 0.3) is 11.0 Å². The molecule has 1 aliphatic carbocycles. The largest absolute Gasteiger partial charge is 0.464 e. The fourth-order valence-electron chi connectivity index (χ4n) is 5.98. The molecule has 3 heterocycles. The number of carbonyl (C=O) groups is 2. The van der Waals surface area contributed by atoms with Gasteiger partial charge in [-0.15, -0.1) is 0 Å². The van der Waals surface area contributed by atoms with E-state index in [0.29, 0.717) is 24.9 Å². The van der Waals surface area contributed by atoms with Gasteiger partial charge < -0.3 is 9.73 Å². The molecule has 1 saturated carbocycles. The van der Waals surface area contributed by atoms with E-state index >= 15 is 0 Å². The monoisotopic (exact) mass is 436 g/mol. The standard InChI is InChI=1S/C27H36N2O3/c1-27(13-14-27)28-26(31)12-15-29-20-10-11-21(29)17-19(16-20)6-2-4-8-24(30)23-18-32-25-9-5-3-7-22(23)25/h3,5,7,9,18-21H,2,4,6,8,10-17H2,1H3,(H,28,31)/t19?,20-,21+. The number of nitrogens with one attached hydrogen (secondary N) is 1. The average molecular weight is 437 g/mol. The first-order valence-electron chi connectivity index (χ1n) is 12.6. The molecule has 2 aliphatic heterocycles. The van der Waals surface area contributed by atoms with Gasteiger partial charge in [0.05, 0.1) is 5.56 Å². The smallest absolute Gasteiger partial charge is 0.221 e. The highest BCUT2D eigenvalue weighted by molar-refractivity contribution is 6.07. The maximum Gasteiger partial charge on any atom is 0.221 e. The van der Waals surface area contributed by atoms with Crippen LogP contribution in [-0.4, -0.2) is 40.8 Å². The Bertz CT molecular complexity index is 962. The SMILES string of the molecule is CC1(NC(=O)CCN2[C@@H]3CC[C@H]2CC(CCCCC(=O)c2coc4ccccc24)C3)CC1. The van der Waals surface area contributed by atoms with Crippen LogP contribution in [0.15, 0.2) is 34.9 Å². The van der Waals surface area contributed by atoms with Gasteiger partial charge in [0, 0.05) is 42.4 Å². The van der Waals surface area contributed by atoms with E-state index in [4.69, 9.17) is 4.42 Å². The molecule has 0 radical (unpaired) electrons. The summed E-state index contributed by atoms with van der Waals surface area (Å²) in [6, 6.07) is 9.07. The Labute approximate surface area is 190 Å². The Kier molecular flexibility index (Phi) is 6.11.